The largest absolute Gasteiger partial charge is 0.494 e. The van der Waals surface area contributed by atoms with Crippen molar-refractivity contribution in [2.45, 2.75) is 13.0 Å². The van der Waals surface area contributed by atoms with Crippen LogP contribution in [0.5, 0.6) is 5.75 Å². The molecule has 0 bridgehead atoms. The summed E-state index contributed by atoms with van der Waals surface area (Å²) >= 11 is 0. The van der Waals surface area contributed by atoms with Gasteiger partial charge in [-0.1, -0.05) is 18.2 Å². The predicted molar refractivity (Wildman–Crippen MR) is 68.8 cm³/mol. The smallest absolute Gasteiger partial charge is 0.124 e. The third-order valence-electron chi connectivity index (χ3n) is 2.64. The number of hydrogen-bond donors (Lipinski definition) is 2. The van der Waals surface area contributed by atoms with Gasteiger partial charge in [-0.05, 0) is 24.6 Å². The zero-order chi connectivity index (χ0) is 12.8. The van der Waals surface area contributed by atoms with Gasteiger partial charge in [-0.3, -0.25) is 5.84 Å². The van der Waals surface area contributed by atoms with Crippen LogP contribution < -0.4 is 16.0 Å². The molecule has 0 radical (unpaired) electrons. The average molecular weight is 244 g/mol. The van der Waals surface area contributed by atoms with E-state index in [-0.39, 0.29) is 6.04 Å². The maximum Gasteiger partial charge on any atom is 0.124 e. The lowest BCUT2D eigenvalue weighted by Gasteiger charge is -2.19. The highest BCUT2D eigenvalue weighted by Gasteiger charge is 2.16. The van der Waals surface area contributed by atoms with Crippen molar-refractivity contribution in [1.82, 2.24) is 15.6 Å². The summed E-state index contributed by atoms with van der Waals surface area (Å²) in [5.74, 6) is 6.47. The maximum atomic E-state index is 5.65. The molecule has 94 valence electrons. The van der Waals surface area contributed by atoms with Gasteiger partial charge in [0.2, 0.25) is 0 Å². The second-order valence-corrected chi connectivity index (χ2v) is 3.75. The molecule has 1 aromatic heterocycles. The van der Waals surface area contributed by atoms with E-state index in [1.54, 1.807) is 12.4 Å². The number of rotatable bonds is 5. The monoisotopic (exact) mass is 244 g/mol. The van der Waals surface area contributed by atoms with E-state index in [0.717, 1.165) is 16.9 Å². The molecule has 3 N–H and O–H groups in total. The highest BCUT2D eigenvalue weighted by Crippen LogP contribution is 2.28. The molecule has 0 spiro atoms. The number of nitrogens with two attached hydrogens (primary N) is 1. The summed E-state index contributed by atoms with van der Waals surface area (Å²) < 4.78 is 5.61. The zero-order valence-corrected chi connectivity index (χ0v) is 10.2. The van der Waals surface area contributed by atoms with Crippen LogP contribution in [-0.4, -0.2) is 16.8 Å². The van der Waals surface area contributed by atoms with Crippen LogP contribution in [0.15, 0.2) is 42.7 Å². The number of hydrogen-bond acceptors (Lipinski definition) is 5. The molecule has 0 aliphatic carbocycles. The lowest BCUT2D eigenvalue weighted by molar-refractivity contribution is 0.333. The van der Waals surface area contributed by atoms with Crippen LogP contribution in [0.4, 0.5) is 0 Å². The first-order valence-corrected chi connectivity index (χ1v) is 5.81. The van der Waals surface area contributed by atoms with E-state index in [1.165, 1.54) is 0 Å². The van der Waals surface area contributed by atoms with Crippen LogP contribution in [0, 0.1) is 0 Å². The highest BCUT2D eigenvalue weighted by molar-refractivity contribution is 5.40. The second kappa shape index (κ2) is 6.09. The van der Waals surface area contributed by atoms with E-state index in [0.29, 0.717) is 6.61 Å². The third kappa shape index (κ3) is 2.64. The van der Waals surface area contributed by atoms with E-state index >= 15 is 0 Å². The van der Waals surface area contributed by atoms with Gasteiger partial charge < -0.3 is 4.74 Å². The molecule has 1 unspecified atom stereocenters. The number of nitrogens with zero attached hydrogens (tertiary/aromatic N) is 2. The molecule has 2 aromatic rings. The SMILES string of the molecule is CCOc1ccccc1C(NN)c1ccnnc1. The lowest BCUT2D eigenvalue weighted by Crippen LogP contribution is -2.29. The van der Waals surface area contributed by atoms with Gasteiger partial charge in [0.15, 0.2) is 0 Å². The van der Waals surface area contributed by atoms with E-state index in [9.17, 15) is 0 Å². The minimum absolute atomic E-state index is 0.164. The molecule has 0 aliphatic rings. The Hall–Kier alpha value is -1.98. The fourth-order valence-electron chi connectivity index (χ4n) is 1.84. The first kappa shape index (κ1) is 12.5. The average Bonchev–Trinajstić information content (AvgIpc) is 2.43. The summed E-state index contributed by atoms with van der Waals surface area (Å²) in [6, 6.07) is 9.51. The van der Waals surface area contributed by atoms with Crippen molar-refractivity contribution in [1.29, 1.82) is 0 Å². The first-order valence-electron chi connectivity index (χ1n) is 5.81. The van der Waals surface area contributed by atoms with Gasteiger partial charge in [0.05, 0.1) is 18.8 Å². The van der Waals surface area contributed by atoms with Gasteiger partial charge in [0.25, 0.3) is 0 Å². The summed E-state index contributed by atoms with van der Waals surface area (Å²) in [4.78, 5) is 0. The van der Waals surface area contributed by atoms with Gasteiger partial charge in [-0.2, -0.15) is 10.2 Å². The molecule has 0 aliphatic heterocycles. The van der Waals surface area contributed by atoms with Crippen LogP contribution in [-0.2, 0) is 0 Å². The molecule has 1 atom stereocenters. The van der Waals surface area contributed by atoms with Crippen molar-refractivity contribution in [3.8, 4) is 5.75 Å². The van der Waals surface area contributed by atoms with Crippen LogP contribution in [0.1, 0.15) is 24.1 Å². The Morgan fingerprint density at radius 3 is 2.78 bits per heavy atom. The third-order valence-corrected chi connectivity index (χ3v) is 2.64. The minimum Gasteiger partial charge on any atom is -0.494 e. The molecular weight excluding hydrogens is 228 g/mol. The fourth-order valence-corrected chi connectivity index (χ4v) is 1.84. The van der Waals surface area contributed by atoms with Crippen molar-refractivity contribution < 1.29 is 4.74 Å². The van der Waals surface area contributed by atoms with Gasteiger partial charge in [0.1, 0.15) is 5.75 Å². The van der Waals surface area contributed by atoms with E-state index in [1.807, 2.05) is 37.3 Å². The summed E-state index contributed by atoms with van der Waals surface area (Å²) in [7, 11) is 0. The van der Waals surface area contributed by atoms with Gasteiger partial charge in [-0.25, -0.2) is 5.43 Å². The van der Waals surface area contributed by atoms with Crippen LogP contribution in [0.2, 0.25) is 0 Å². The Morgan fingerprint density at radius 1 is 1.28 bits per heavy atom. The van der Waals surface area contributed by atoms with Crippen molar-refractivity contribution in [3.05, 3.63) is 53.9 Å². The Morgan fingerprint density at radius 2 is 2.11 bits per heavy atom. The molecule has 18 heavy (non-hydrogen) atoms. The second-order valence-electron chi connectivity index (χ2n) is 3.75. The summed E-state index contributed by atoms with van der Waals surface area (Å²) in [6.45, 7) is 2.57. The number of aromatic nitrogens is 2. The zero-order valence-electron chi connectivity index (χ0n) is 10.2. The molecule has 5 nitrogen and oxygen atoms in total. The summed E-state index contributed by atoms with van der Waals surface area (Å²) in [6.07, 6.45) is 3.33. The van der Waals surface area contributed by atoms with Gasteiger partial charge in [-0.15, -0.1) is 0 Å². The number of hydrazine groups is 1. The van der Waals surface area contributed by atoms with Crippen molar-refractivity contribution in [2.24, 2.45) is 5.84 Å². The number of nitrogens with one attached hydrogen (secondary N) is 1. The predicted octanol–water partition coefficient (Wildman–Crippen LogP) is 1.43. The first-order chi connectivity index (χ1) is 8.86. The summed E-state index contributed by atoms with van der Waals surface area (Å²) in [5, 5.41) is 7.63. The molecular formula is C13H16N4O. The van der Waals surface area contributed by atoms with Crippen molar-refractivity contribution in [3.63, 3.8) is 0 Å². The Bertz CT molecular complexity index is 489. The minimum atomic E-state index is -0.164. The van der Waals surface area contributed by atoms with Crippen LogP contribution in [0.25, 0.3) is 0 Å². The quantitative estimate of drug-likeness (QED) is 0.615. The Balaban J connectivity index is 2.39. The van der Waals surface area contributed by atoms with Crippen LogP contribution >= 0.6 is 0 Å². The molecule has 0 saturated carbocycles. The molecule has 0 amide bonds. The van der Waals surface area contributed by atoms with Crippen molar-refractivity contribution >= 4 is 0 Å². The Labute approximate surface area is 106 Å². The van der Waals surface area contributed by atoms with Gasteiger partial charge >= 0.3 is 0 Å². The summed E-state index contributed by atoms with van der Waals surface area (Å²) in [5.41, 5.74) is 4.71. The highest BCUT2D eigenvalue weighted by atomic mass is 16.5. The molecule has 0 saturated heterocycles. The lowest BCUT2D eigenvalue weighted by atomic mass is 10.0. The van der Waals surface area contributed by atoms with Gasteiger partial charge in [0, 0.05) is 11.8 Å². The molecule has 0 fully saturated rings. The van der Waals surface area contributed by atoms with Crippen LogP contribution in [0.3, 0.4) is 0 Å². The van der Waals surface area contributed by atoms with Crippen molar-refractivity contribution in [2.75, 3.05) is 6.61 Å². The molecule has 2 rings (SSSR count). The van der Waals surface area contributed by atoms with E-state index < -0.39 is 0 Å². The number of benzene rings is 1. The topological polar surface area (TPSA) is 73.1 Å². The Kier molecular flexibility index (Phi) is 4.22. The number of para-hydroxylation sites is 1. The molecule has 1 heterocycles. The van der Waals surface area contributed by atoms with E-state index in [4.69, 9.17) is 10.6 Å². The molecule has 1 aromatic carbocycles. The maximum absolute atomic E-state index is 5.65. The number of ether oxygens (including phenoxy) is 1. The normalized spacial score (nSPS) is 12.1. The van der Waals surface area contributed by atoms with E-state index in [2.05, 4.69) is 15.6 Å². The molecule has 5 heteroatoms. The fraction of sp³-hybridized carbons (Fsp3) is 0.231. The standard InChI is InChI=1S/C13H16N4O/c1-2-18-12-6-4-3-5-11(12)13(17-14)10-7-8-15-16-9-10/h3-9,13,17H,2,14H2,1H3.